The van der Waals surface area contributed by atoms with Crippen molar-refractivity contribution in [1.29, 1.82) is 0 Å². The van der Waals surface area contributed by atoms with E-state index in [-0.39, 0.29) is 17.5 Å². The van der Waals surface area contributed by atoms with Crippen molar-refractivity contribution >= 4 is 36.2 Å². The van der Waals surface area contributed by atoms with Crippen molar-refractivity contribution in [3.8, 4) is 0 Å². The van der Waals surface area contributed by atoms with Crippen LogP contribution in [0.1, 0.15) is 30.9 Å². The Hall–Kier alpha value is -0.730. The van der Waals surface area contributed by atoms with Crippen LogP contribution in [0.25, 0.3) is 6.08 Å². The third-order valence-electron chi connectivity index (χ3n) is 2.26. The molecule has 0 fully saturated rings. The topological polar surface area (TPSA) is 17.1 Å². The average Bonchev–Trinajstić information content (AvgIpc) is 2.24. The van der Waals surface area contributed by atoms with E-state index < -0.39 is 0 Å². The van der Waals surface area contributed by atoms with Gasteiger partial charge >= 0.3 is 0 Å². The van der Waals surface area contributed by atoms with Gasteiger partial charge in [-0.25, -0.2) is 0 Å². The predicted molar refractivity (Wildman–Crippen MR) is 75.3 cm³/mol. The van der Waals surface area contributed by atoms with Crippen molar-refractivity contribution in [2.45, 2.75) is 26.2 Å². The smallest absolute Gasteiger partial charge is 0.209 e. The molecule has 0 unspecified atom stereocenters. The normalized spacial score (nSPS) is 10.1. The monoisotopic (exact) mass is 256 g/mol. The van der Waals surface area contributed by atoms with E-state index in [1.54, 1.807) is 0 Å². The third-order valence-corrected chi connectivity index (χ3v) is 2.41. The van der Waals surface area contributed by atoms with E-state index in [4.69, 9.17) is 0 Å². The standard InChI is InChI=1S/C13H16OS.ClH/c1-2-3-6-11-7-4-5-8-12(11)9-10-13(14)15;/h4-5,7-10H,2-3,6H2,1H3,(H,14,15);1H. The number of carbonyl (C=O) groups excluding carboxylic acids is 1. The number of thiol groups is 1. The van der Waals surface area contributed by atoms with Crippen LogP contribution in [0.4, 0.5) is 0 Å². The van der Waals surface area contributed by atoms with E-state index in [2.05, 4.69) is 25.6 Å². The number of unbranched alkanes of at least 4 members (excludes halogenated alkanes) is 1. The maximum Gasteiger partial charge on any atom is 0.209 e. The van der Waals surface area contributed by atoms with Gasteiger partial charge in [-0.05, 0) is 30.0 Å². The lowest BCUT2D eigenvalue weighted by atomic mass is 10.0. The summed E-state index contributed by atoms with van der Waals surface area (Å²) in [6.45, 7) is 2.18. The molecule has 0 aliphatic rings. The summed E-state index contributed by atoms with van der Waals surface area (Å²) in [7, 11) is 0. The molecule has 0 aliphatic carbocycles. The molecule has 0 heterocycles. The zero-order valence-corrected chi connectivity index (χ0v) is 11.1. The zero-order valence-electron chi connectivity index (χ0n) is 9.35. The van der Waals surface area contributed by atoms with Crippen LogP contribution in [-0.2, 0) is 11.2 Å². The van der Waals surface area contributed by atoms with Crippen LogP contribution >= 0.6 is 25.0 Å². The van der Waals surface area contributed by atoms with Crippen LogP contribution in [0, 0.1) is 0 Å². The molecule has 0 amide bonds. The van der Waals surface area contributed by atoms with E-state index in [1.807, 2.05) is 24.3 Å². The van der Waals surface area contributed by atoms with Gasteiger partial charge in [-0.1, -0.05) is 43.7 Å². The summed E-state index contributed by atoms with van der Waals surface area (Å²) < 4.78 is 0. The minimum atomic E-state index is -0.208. The second-order valence-electron chi connectivity index (χ2n) is 3.47. The van der Waals surface area contributed by atoms with Gasteiger partial charge in [0.1, 0.15) is 0 Å². The Labute approximate surface area is 109 Å². The fourth-order valence-corrected chi connectivity index (χ4v) is 1.53. The molecule has 3 heteroatoms. The largest absolute Gasteiger partial charge is 0.283 e. The van der Waals surface area contributed by atoms with Gasteiger partial charge in [0.15, 0.2) is 0 Å². The molecule has 0 bridgehead atoms. The highest BCUT2D eigenvalue weighted by Crippen LogP contribution is 2.13. The fraction of sp³-hybridized carbons (Fsp3) is 0.308. The predicted octanol–water partition coefficient (Wildman–Crippen LogP) is 3.92. The first-order chi connectivity index (χ1) is 7.24. The summed E-state index contributed by atoms with van der Waals surface area (Å²) in [5.74, 6) is 0. The molecule has 1 nitrogen and oxygen atoms in total. The number of rotatable bonds is 5. The second-order valence-corrected chi connectivity index (χ2v) is 3.91. The van der Waals surface area contributed by atoms with Gasteiger partial charge in [-0.15, -0.1) is 25.0 Å². The SMILES string of the molecule is CCCCc1ccccc1C=CC(=O)S.Cl. The summed E-state index contributed by atoms with van der Waals surface area (Å²) in [6.07, 6.45) is 6.76. The third kappa shape index (κ3) is 5.38. The molecule has 0 saturated heterocycles. The molecule has 0 aliphatic heterocycles. The summed E-state index contributed by atoms with van der Waals surface area (Å²) in [6, 6.07) is 8.15. The Morgan fingerprint density at radius 3 is 2.69 bits per heavy atom. The molecule has 0 radical (unpaired) electrons. The lowest BCUT2D eigenvalue weighted by Crippen LogP contribution is -1.89. The lowest BCUT2D eigenvalue weighted by Gasteiger charge is -2.04. The quantitative estimate of drug-likeness (QED) is 0.624. The van der Waals surface area contributed by atoms with E-state index in [9.17, 15) is 4.79 Å². The zero-order chi connectivity index (χ0) is 11.1. The van der Waals surface area contributed by atoms with Crippen molar-refractivity contribution in [1.82, 2.24) is 0 Å². The summed E-state index contributed by atoms with van der Waals surface area (Å²) in [4.78, 5) is 10.7. The fourth-order valence-electron chi connectivity index (χ4n) is 1.45. The van der Waals surface area contributed by atoms with E-state index in [0.29, 0.717) is 0 Å². The number of hydrogen-bond acceptors (Lipinski definition) is 1. The van der Waals surface area contributed by atoms with Crippen LogP contribution in [-0.4, -0.2) is 5.12 Å². The first-order valence-corrected chi connectivity index (χ1v) is 5.67. The van der Waals surface area contributed by atoms with E-state index >= 15 is 0 Å². The first kappa shape index (κ1) is 15.3. The van der Waals surface area contributed by atoms with Crippen LogP contribution in [0.5, 0.6) is 0 Å². The van der Waals surface area contributed by atoms with Gasteiger partial charge in [-0.2, -0.15) is 0 Å². The Morgan fingerprint density at radius 2 is 2.06 bits per heavy atom. The number of carbonyl (C=O) groups is 1. The van der Waals surface area contributed by atoms with Gasteiger partial charge in [-0.3, -0.25) is 4.79 Å². The highest BCUT2D eigenvalue weighted by molar-refractivity contribution is 7.97. The number of aryl methyl sites for hydroxylation is 1. The summed E-state index contributed by atoms with van der Waals surface area (Å²) in [5, 5.41) is -0.208. The molecule has 1 rings (SSSR count). The second kappa shape index (κ2) is 8.43. The van der Waals surface area contributed by atoms with Crippen LogP contribution in [0.2, 0.25) is 0 Å². The highest BCUT2D eigenvalue weighted by atomic mass is 35.5. The van der Waals surface area contributed by atoms with Gasteiger partial charge in [0.2, 0.25) is 5.12 Å². The Morgan fingerprint density at radius 1 is 1.38 bits per heavy atom. The minimum Gasteiger partial charge on any atom is -0.283 e. The molecule has 0 atom stereocenters. The first-order valence-electron chi connectivity index (χ1n) is 5.23. The molecule has 16 heavy (non-hydrogen) atoms. The van der Waals surface area contributed by atoms with Gasteiger partial charge < -0.3 is 0 Å². The molecule has 0 N–H and O–H groups in total. The number of halogens is 1. The molecule has 88 valence electrons. The molecule has 0 saturated carbocycles. The molecular weight excluding hydrogens is 240 g/mol. The van der Waals surface area contributed by atoms with Crippen molar-refractivity contribution in [2.24, 2.45) is 0 Å². The summed E-state index contributed by atoms with van der Waals surface area (Å²) >= 11 is 3.71. The molecular formula is C13H17ClOS. The van der Waals surface area contributed by atoms with Crippen molar-refractivity contribution in [3.05, 3.63) is 41.5 Å². The van der Waals surface area contributed by atoms with E-state index in [0.717, 1.165) is 12.0 Å². The average molecular weight is 257 g/mol. The molecule has 0 spiro atoms. The number of hydrogen-bond donors (Lipinski definition) is 1. The van der Waals surface area contributed by atoms with Gasteiger partial charge in [0.25, 0.3) is 0 Å². The van der Waals surface area contributed by atoms with Crippen molar-refractivity contribution in [2.75, 3.05) is 0 Å². The van der Waals surface area contributed by atoms with Crippen molar-refractivity contribution in [3.63, 3.8) is 0 Å². The molecule has 0 aromatic heterocycles. The Kier molecular flexibility index (Phi) is 8.04. The van der Waals surface area contributed by atoms with E-state index in [1.165, 1.54) is 24.5 Å². The minimum absolute atomic E-state index is 0. The maximum absolute atomic E-state index is 10.7. The molecule has 1 aromatic carbocycles. The van der Waals surface area contributed by atoms with Crippen LogP contribution in [0.15, 0.2) is 30.3 Å². The van der Waals surface area contributed by atoms with Gasteiger partial charge in [0, 0.05) is 0 Å². The maximum atomic E-state index is 10.7. The molecule has 1 aromatic rings. The Bertz CT molecular complexity index is 361. The highest BCUT2D eigenvalue weighted by Gasteiger charge is 1.97. The lowest BCUT2D eigenvalue weighted by molar-refractivity contribution is -0.106. The summed E-state index contributed by atoms with van der Waals surface area (Å²) in [5.41, 5.74) is 2.42. The van der Waals surface area contributed by atoms with Crippen LogP contribution < -0.4 is 0 Å². The van der Waals surface area contributed by atoms with Crippen LogP contribution in [0.3, 0.4) is 0 Å². The number of benzene rings is 1. The van der Waals surface area contributed by atoms with Gasteiger partial charge in [0.05, 0.1) is 0 Å². The Balaban J connectivity index is 0.00000225. The van der Waals surface area contributed by atoms with Crippen molar-refractivity contribution < 1.29 is 4.79 Å².